The highest BCUT2D eigenvalue weighted by atomic mass is 19.4. The molecule has 1 N–H and O–H groups in total. The Bertz CT molecular complexity index is 1110. The minimum atomic E-state index is -4.85. The van der Waals surface area contributed by atoms with Gasteiger partial charge in [0.15, 0.2) is 0 Å². The lowest BCUT2D eigenvalue weighted by molar-refractivity contribution is -0.274. The average molecular weight is 424 g/mol. The monoisotopic (exact) mass is 424 g/mol. The fourth-order valence-corrected chi connectivity index (χ4v) is 2.92. The third kappa shape index (κ3) is 4.88. The van der Waals surface area contributed by atoms with Crippen LogP contribution in [0.5, 0.6) is 5.75 Å². The van der Waals surface area contributed by atoms with Gasteiger partial charge in [0, 0.05) is 22.7 Å². The molecule has 0 atom stereocenters. The summed E-state index contributed by atoms with van der Waals surface area (Å²) >= 11 is 0. The van der Waals surface area contributed by atoms with Gasteiger partial charge in [0.05, 0.1) is 12.1 Å². The lowest BCUT2D eigenvalue weighted by Crippen LogP contribution is -2.18. The summed E-state index contributed by atoms with van der Waals surface area (Å²) in [6.07, 6.45) is -3.54. The fraction of sp³-hybridized carbons (Fsp3) is 0.200. The fourth-order valence-electron chi connectivity index (χ4n) is 2.92. The van der Waals surface area contributed by atoms with Gasteiger partial charge >= 0.3 is 12.3 Å². The number of fused-ring (bicyclic) bond motifs is 1. The maximum atomic E-state index is 13.6. The molecule has 0 aliphatic carbocycles. The van der Waals surface area contributed by atoms with Crippen molar-refractivity contribution in [3.63, 3.8) is 0 Å². The van der Waals surface area contributed by atoms with Gasteiger partial charge in [-0.05, 0) is 37.3 Å². The summed E-state index contributed by atoms with van der Waals surface area (Å²) in [5, 5.41) is 13.6. The summed E-state index contributed by atoms with van der Waals surface area (Å²) in [5.41, 5.74) is 0.809. The maximum absolute atomic E-state index is 13.6. The summed E-state index contributed by atoms with van der Waals surface area (Å²) in [5.74, 6) is -2.27. The predicted octanol–water partition coefficient (Wildman–Crippen LogP) is 4.82. The van der Waals surface area contributed by atoms with E-state index in [0.29, 0.717) is 5.52 Å². The summed E-state index contributed by atoms with van der Waals surface area (Å²) in [6.45, 7) is 1.85. The first kappa shape index (κ1) is 21.2. The third-order valence-corrected chi connectivity index (χ3v) is 4.10. The van der Waals surface area contributed by atoms with Crippen LogP contribution in [0.4, 0.5) is 17.6 Å². The van der Waals surface area contributed by atoms with E-state index in [2.05, 4.69) is 9.89 Å². The molecule has 0 unspecified atom stereocenters. The molecule has 3 aromatic rings. The van der Waals surface area contributed by atoms with Crippen molar-refractivity contribution in [2.24, 2.45) is 5.16 Å². The maximum Gasteiger partial charge on any atom is 0.573 e. The standard InChI is InChI=1S/C20H16F4N2O4/c1-2-29-25-17(12-4-3-5-14(8-12)30-20(22,23)24)11-26-10-16(19(27)28)15-9-13(21)6-7-18(15)26/h3-10H,2,11H2,1H3,(H,27,28)/b25-17+. The van der Waals surface area contributed by atoms with E-state index >= 15 is 0 Å². The number of carboxylic acid groups (broad SMARTS) is 1. The van der Waals surface area contributed by atoms with E-state index in [-0.39, 0.29) is 35.4 Å². The molecule has 0 spiro atoms. The van der Waals surface area contributed by atoms with Gasteiger partial charge in [0.1, 0.15) is 23.9 Å². The van der Waals surface area contributed by atoms with Gasteiger partial charge in [0.2, 0.25) is 0 Å². The number of carboxylic acids is 1. The third-order valence-electron chi connectivity index (χ3n) is 4.10. The molecule has 6 nitrogen and oxygen atoms in total. The number of aromatic nitrogens is 1. The SMILES string of the molecule is CCO/N=C(\Cn1cc(C(=O)O)c2cc(F)ccc21)c1cccc(OC(F)(F)F)c1. The number of aromatic carboxylic acids is 1. The smallest absolute Gasteiger partial charge is 0.478 e. The van der Waals surface area contributed by atoms with Crippen LogP contribution in [0.15, 0.2) is 53.8 Å². The lowest BCUT2D eigenvalue weighted by atomic mass is 10.1. The molecule has 1 aromatic heterocycles. The van der Waals surface area contributed by atoms with Crippen molar-refractivity contribution in [1.82, 2.24) is 4.57 Å². The Morgan fingerprint density at radius 3 is 2.63 bits per heavy atom. The quantitative estimate of drug-likeness (QED) is 0.335. The number of carbonyl (C=O) groups is 1. The number of nitrogens with zero attached hydrogens (tertiary/aromatic N) is 2. The molecule has 0 bridgehead atoms. The van der Waals surface area contributed by atoms with Crippen LogP contribution in [-0.2, 0) is 11.4 Å². The van der Waals surface area contributed by atoms with Crippen LogP contribution in [0.25, 0.3) is 10.9 Å². The Morgan fingerprint density at radius 1 is 1.20 bits per heavy atom. The highest BCUT2D eigenvalue weighted by molar-refractivity contribution is 6.05. The van der Waals surface area contributed by atoms with Crippen molar-refractivity contribution >= 4 is 22.6 Å². The van der Waals surface area contributed by atoms with Crippen LogP contribution in [0, 0.1) is 5.82 Å². The number of oxime groups is 1. The van der Waals surface area contributed by atoms with Gasteiger partial charge < -0.3 is 19.2 Å². The Balaban J connectivity index is 2.03. The number of alkyl halides is 3. The van der Waals surface area contributed by atoms with Crippen LogP contribution in [0.1, 0.15) is 22.8 Å². The van der Waals surface area contributed by atoms with Crippen molar-refractivity contribution in [2.45, 2.75) is 19.8 Å². The number of ether oxygens (including phenoxy) is 1. The summed E-state index contributed by atoms with van der Waals surface area (Å²) < 4.78 is 56.7. The summed E-state index contributed by atoms with van der Waals surface area (Å²) in [6, 6.07) is 8.88. The minimum absolute atomic E-state index is 0.0368. The van der Waals surface area contributed by atoms with E-state index < -0.39 is 23.9 Å². The zero-order chi connectivity index (χ0) is 21.9. The van der Waals surface area contributed by atoms with E-state index in [1.54, 1.807) is 6.92 Å². The van der Waals surface area contributed by atoms with Crippen molar-refractivity contribution in [1.29, 1.82) is 0 Å². The minimum Gasteiger partial charge on any atom is -0.478 e. The Kier molecular flexibility index (Phi) is 5.95. The molecular formula is C20H16F4N2O4. The normalized spacial score (nSPS) is 12.2. The van der Waals surface area contributed by atoms with Gasteiger partial charge in [-0.15, -0.1) is 13.2 Å². The van der Waals surface area contributed by atoms with E-state index in [1.807, 2.05) is 0 Å². The second kappa shape index (κ2) is 8.44. The van der Waals surface area contributed by atoms with Gasteiger partial charge in [-0.3, -0.25) is 0 Å². The van der Waals surface area contributed by atoms with Crippen LogP contribution in [0.2, 0.25) is 0 Å². The molecule has 0 saturated carbocycles. The van der Waals surface area contributed by atoms with E-state index in [1.165, 1.54) is 35.0 Å². The molecule has 0 amide bonds. The van der Waals surface area contributed by atoms with E-state index in [0.717, 1.165) is 18.2 Å². The second-order valence-corrected chi connectivity index (χ2v) is 6.17. The molecule has 158 valence electrons. The molecule has 0 saturated heterocycles. The zero-order valence-electron chi connectivity index (χ0n) is 15.6. The molecule has 3 rings (SSSR count). The number of benzene rings is 2. The van der Waals surface area contributed by atoms with Crippen LogP contribution < -0.4 is 4.74 Å². The van der Waals surface area contributed by atoms with Crippen molar-refractivity contribution < 1.29 is 37.0 Å². The van der Waals surface area contributed by atoms with Crippen molar-refractivity contribution in [3.05, 3.63) is 65.6 Å². The number of halogens is 4. The predicted molar refractivity (Wildman–Crippen MR) is 100 cm³/mol. The van der Waals surface area contributed by atoms with Crippen molar-refractivity contribution in [2.75, 3.05) is 6.61 Å². The van der Waals surface area contributed by atoms with Crippen molar-refractivity contribution in [3.8, 4) is 5.75 Å². The zero-order valence-corrected chi connectivity index (χ0v) is 15.6. The number of hydrogen-bond donors (Lipinski definition) is 1. The van der Waals surface area contributed by atoms with Gasteiger partial charge in [0.25, 0.3) is 0 Å². The summed E-state index contributed by atoms with van der Waals surface area (Å²) in [7, 11) is 0. The number of rotatable bonds is 7. The van der Waals surface area contributed by atoms with Crippen LogP contribution in [-0.4, -0.2) is 34.3 Å². The van der Waals surface area contributed by atoms with Crippen LogP contribution >= 0.6 is 0 Å². The highest BCUT2D eigenvalue weighted by Crippen LogP contribution is 2.26. The van der Waals surface area contributed by atoms with E-state index in [9.17, 15) is 27.5 Å². The lowest BCUT2D eigenvalue weighted by Gasteiger charge is -2.12. The first-order valence-electron chi connectivity index (χ1n) is 8.74. The van der Waals surface area contributed by atoms with Gasteiger partial charge in [-0.1, -0.05) is 17.3 Å². The Morgan fingerprint density at radius 2 is 1.97 bits per heavy atom. The van der Waals surface area contributed by atoms with Gasteiger partial charge in [-0.2, -0.15) is 0 Å². The van der Waals surface area contributed by atoms with Gasteiger partial charge in [-0.25, -0.2) is 9.18 Å². The Labute approximate surface area is 167 Å². The first-order chi connectivity index (χ1) is 14.2. The highest BCUT2D eigenvalue weighted by Gasteiger charge is 2.31. The largest absolute Gasteiger partial charge is 0.573 e. The molecule has 1 heterocycles. The molecule has 0 aliphatic heterocycles. The van der Waals surface area contributed by atoms with Crippen LogP contribution in [0.3, 0.4) is 0 Å². The Hall–Kier alpha value is -3.56. The van der Waals surface area contributed by atoms with E-state index in [4.69, 9.17) is 4.84 Å². The molecule has 0 aliphatic rings. The molecule has 30 heavy (non-hydrogen) atoms. The first-order valence-corrected chi connectivity index (χ1v) is 8.74. The topological polar surface area (TPSA) is 73.1 Å². The molecule has 2 aromatic carbocycles. The molecular weight excluding hydrogens is 408 g/mol. The molecule has 0 radical (unpaired) electrons. The molecule has 10 heteroatoms. The second-order valence-electron chi connectivity index (χ2n) is 6.17. The number of hydrogen-bond acceptors (Lipinski definition) is 4. The molecule has 0 fully saturated rings. The summed E-state index contributed by atoms with van der Waals surface area (Å²) in [4.78, 5) is 16.6. The average Bonchev–Trinajstić information content (AvgIpc) is 3.01.